The Morgan fingerprint density at radius 3 is 2.74 bits per heavy atom. The quantitative estimate of drug-likeness (QED) is 0.611. The Hall–Kier alpha value is -1.23. The third-order valence-electron chi connectivity index (χ3n) is 6.19. The van der Waals surface area contributed by atoms with Crippen LogP contribution >= 0.6 is 11.3 Å². The zero-order valence-corrected chi connectivity index (χ0v) is 18.4. The Bertz CT molecular complexity index is 737. The molecule has 3 nitrogen and oxygen atoms in total. The van der Waals surface area contributed by atoms with E-state index in [1.807, 2.05) is 24.5 Å². The summed E-state index contributed by atoms with van der Waals surface area (Å²) in [5, 5.41) is 2.32. The number of nitrogens with zero attached hydrogens (tertiary/aromatic N) is 2. The van der Waals surface area contributed by atoms with Crippen molar-refractivity contribution in [3.05, 3.63) is 51.5 Å². The van der Waals surface area contributed by atoms with E-state index in [9.17, 15) is 0 Å². The predicted molar refractivity (Wildman–Crippen MR) is 114 cm³/mol. The van der Waals surface area contributed by atoms with Crippen LogP contribution in [0.5, 0.6) is 0 Å². The van der Waals surface area contributed by atoms with E-state index in [0.717, 1.165) is 38.4 Å². The average molecular weight is 387 g/mol. The lowest BCUT2D eigenvalue weighted by Gasteiger charge is -2.38. The smallest absolute Gasteiger partial charge is 0.0535 e. The summed E-state index contributed by atoms with van der Waals surface area (Å²) in [5.74, 6) is 0. The highest BCUT2D eigenvalue weighted by Crippen LogP contribution is 2.41. The van der Waals surface area contributed by atoms with E-state index in [4.69, 9.17) is 4.74 Å². The molecule has 0 amide bonds. The van der Waals surface area contributed by atoms with Crippen LogP contribution < -0.4 is 0 Å². The van der Waals surface area contributed by atoms with Gasteiger partial charge in [0.05, 0.1) is 6.61 Å². The number of pyridine rings is 1. The summed E-state index contributed by atoms with van der Waals surface area (Å²) in [4.78, 5) is 8.57. The van der Waals surface area contributed by atoms with E-state index in [1.54, 1.807) is 0 Å². The van der Waals surface area contributed by atoms with E-state index < -0.39 is 0 Å². The van der Waals surface area contributed by atoms with Gasteiger partial charge in [0, 0.05) is 40.9 Å². The van der Waals surface area contributed by atoms with Gasteiger partial charge in [0.15, 0.2) is 0 Å². The normalized spacial score (nSPS) is 21.1. The topological polar surface area (TPSA) is 25.4 Å². The van der Waals surface area contributed by atoms with E-state index in [1.165, 1.54) is 28.8 Å². The summed E-state index contributed by atoms with van der Waals surface area (Å²) < 4.78 is 5.96. The molecule has 0 aromatic carbocycles. The molecule has 1 atom stereocenters. The molecule has 0 saturated carbocycles. The van der Waals surface area contributed by atoms with Crippen molar-refractivity contribution < 1.29 is 4.74 Å². The van der Waals surface area contributed by atoms with Crippen LogP contribution in [0.4, 0.5) is 0 Å². The van der Waals surface area contributed by atoms with Crippen LogP contribution in [-0.4, -0.2) is 36.2 Å². The maximum atomic E-state index is 5.96. The fraction of sp³-hybridized carbons (Fsp3) is 0.609. The zero-order chi connectivity index (χ0) is 19.5. The molecule has 0 spiro atoms. The lowest BCUT2D eigenvalue weighted by Crippen LogP contribution is -2.42. The lowest BCUT2D eigenvalue weighted by atomic mass is 9.82. The van der Waals surface area contributed by atoms with Gasteiger partial charge in [-0.05, 0) is 89.1 Å². The molecule has 1 aliphatic heterocycles. The number of aromatic nitrogens is 1. The number of likely N-dealkylation sites (tertiary alicyclic amines) is 1. The fourth-order valence-electron chi connectivity index (χ4n) is 4.18. The summed E-state index contributed by atoms with van der Waals surface area (Å²) in [6, 6.07) is 6.70. The Labute approximate surface area is 168 Å². The molecule has 27 heavy (non-hydrogen) atoms. The highest BCUT2D eigenvalue weighted by molar-refractivity contribution is 7.10. The van der Waals surface area contributed by atoms with Crippen molar-refractivity contribution in [1.82, 2.24) is 9.88 Å². The number of rotatable bonds is 8. The molecule has 1 aliphatic rings. The van der Waals surface area contributed by atoms with Gasteiger partial charge in [-0.3, -0.25) is 9.88 Å². The van der Waals surface area contributed by atoms with Crippen molar-refractivity contribution in [1.29, 1.82) is 0 Å². The highest BCUT2D eigenvalue weighted by Gasteiger charge is 2.43. The van der Waals surface area contributed by atoms with Gasteiger partial charge < -0.3 is 4.74 Å². The van der Waals surface area contributed by atoms with Crippen LogP contribution in [0.25, 0.3) is 0 Å². The van der Waals surface area contributed by atoms with Gasteiger partial charge in [-0.2, -0.15) is 0 Å². The van der Waals surface area contributed by atoms with Gasteiger partial charge in [-0.15, -0.1) is 11.3 Å². The maximum Gasteiger partial charge on any atom is 0.0535 e. The number of thiophene rings is 1. The van der Waals surface area contributed by atoms with Crippen molar-refractivity contribution in [3.8, 4) is 0 Å². The standard InChI is InChI=1S/C23H34N2OS/c1-6-26-17-23(10-9-20-13-19(3)27-15-20)11-12-25(16-23)22(4,5)21-8-7-18(2)24-14-21/h7-8,13-15H,6,9-12,16-17H2,1-5H3/t23-/m0/s1. The minimum atomic E-state index is -0.00632. The SMILES string of the molecule is CCOC[C@@]1(CCc2csc(C)c2)CCN(C(C)(C)c2ccc(C)nc2)C1. The van der Waals surface area contributed by atoms with Gasteiger partial charge in [0.25, 0.3) is 0 Å². The van der Waals surface area contributed by atoms with Crippen LogP contribution in [0, 0.1) is 19.3 Å². The third-order valence-corrected chi connectivity index (χ3v) is 7.10. The third kappa shape index (κ3) is 4.79. The predicted octanol–water partition coefficient (Wildman–Crippen LogP) is 5.36. The number of hydrogen-bond acceptors (Lipinski definition) is 4. The first kappa shape index (κ1) is 20.5. The van der Waals surface area contributed by atoms with E-state index >= 15 is 0 Å². The molecule has 0 radical (unpaired) electrons. The molecule has 0 N–H and O–H groups in total. The molecule has 0 unspecified atom stereocenters. The van der Waals surface area contributed by atoms with E-state index in [-0.39, 0.29) is 11.0 Å². The molecule has 2 aromatic heterocycles. The monoisotopic (exact) mass is 386 g/mol. The number of aryl methyl sites for hydroxylation is 3. The van der Waals surface area contributed by atoms with Crippen LogP contribution in [0.15, 0.2) is 29.8 Å². The first-order valence-electron chi connectivity index (χ1n) is 10.1. The Balaban J connectivity index is 1.73. The molecule has 2 aromatic rings. The zero-order valence-electron chi connectivity index (χ0n) is 17.5. The first-order chi connectivity index (χ1) is 12.8. The Morgan fingerprint density at radius 1 is 1.30 bits per heavy atom. The van der Waals surface area contributed by atoms with Crippen molar-refractivity contribution in [2.24, 2.45) is 5.41 Å². The van der Waals surface area contributed by atoms with Crippen molar-refractivity contribution >= 4 is 11.3 Å². The van der Waals surface area contributed by atoms with E-state index in [2.05, 4.69) is 61.2 Å². The fourth-order valence-corrected chi connectivity index (χ4v) is 4.92. The molecule has 0 bridgehead atoms. The van der Waals surface area contributed by atoms with Crippen LogP contribution in [0.1, 0.15) is 55.3 Å². The Morgan fingerprint density at radius 2 is 2.11 bits per heavy atom. The summed E-state index contributed by atoms with van der Waals surface area (Å²) in [7, 11) is 0. The van der Waals surface area contributed by atoms with Crippen molar-refractivity contribution in [2.75, 3.05) is 26.3 Å². The summed E-state index contributed by atoms with van der Waals surface area (Å²) in [6.45, 7) is 14.9. The summed E-state index contributed by atoms with van der Waals surface area (Å²) in [5.41, 5.74) is 4.10. The Kier molecular flexibility index (Phi) is 6.39. The van der Waals surface area contributed by atoms with Gasteiger partial charge in [-0.1, -0.05) is 6.07 Å². The first-order valence-corrected chi connectivity index (χ1v) is 11.0. The largest absolute Gasteiger partial charge is 0.381 e. The van der Waals surface area contributed by atoms with Crippen molar-refractivity contribution in [3.63, 3.8) is 0 Å². The number of ether oxygens (including phenoxy) is 1. The van der Waals surface area contributed by atoms with Crippen molar-refractivity contribution in [2.45, 2.75) is 59.4 Å². The number of hydrogen-bond donors (Lipinski definition) is 0. The second-order valence-corrected chi connectivity index (χ2v) is 9.74. The molecule has 4 heteroatoms. The molecule has 3 rings (SSSR count). The average Bonchev–Trinajstić information content (AvgIpc) is 3.26. The minimum absolute atomic E-state index is 0.00632. The summed E-state index contributed by atoms with van der Waals surface area (Å²) >= 11 is 1.86. The van der Waals surface area contributed by atoms with Gasteiger partial charge in [-0.25, -0.2) is 0 Å². The molecular formula is C23H34N2OS. The van der Waals surface area contributed by atoms with E-state index in [0.29, 0.717) is 0 Å². The lowest BCUT2D eigenvalue weighted by molar-refractivity contribution is 0.0385. The minimum Gasteiger partial charge on any atom is -0.381 e. The molecule has 3 heterocycles. The summed E-state index contributed by atoms with van der Waals surface area (Å²) in [6.07, 6.45) is 5.60. The van der Waals surface area contributed by atoms with Crippen LogP contribution in [-0.2, 0) is 16.7 Å². The maximum absolute atomic E-state index is 5.96. The molecule has 1 saturated heterocycles. The second kappa shape index (κ2) is 8.42. The van der Waals surface area contributed by atoms with Gasteiger partial charge in [0.2, 0.25) is 0 Å². The molecule has 148 valence electrons. The van der Waals surface area contributed by atoms with Gasteiger partial charge in [0.1, 0.15) is 0 Å². The van der Waals surface area contributed by atoms with Crippen LogP contribution in [0.3, 0.4) is 0 Å². The van der Waals surface area contributed by atoms with Crippen LogP contribution in [0.2, 0.25) is 0 Å². The van der Waals surface area contributed by atoms with Gasteiger partial charge >= 0.3 is 0 Å². The molecular weight excluding hydrogens is 352 g/mol. The molecule has 1 fully saturated rings. The highest BCUT2D eigenvalue weighted by atomic mass is 32.1. The second-order valence-electron chi connectivity index (χ2n) is 8.62. The molecule has 0 aliphatic carbocycles.